The lowest BCUT2D eigenvalue weighted by molar-refractivity contribution is 0.102. The van der Waals surface area contributed by atoms with Gasteiger partial charge in [0.2, 0.25) is 10.0 Å². The van der Waals surface area contributed by atoms with E-state index in [-0.39, 0.29) is 17.0 Å². The summed E-state index contributed by atoms with van der Waals surface area (Å²) in [6.07, 6.45) is 5.11. The van der Waals surface area contributed by atoms with Gasteiger partial charge in [0.05, 0.1) is 22.5 Å². The average Bonchev–Trinajstić information content (AvgIpc) is 3.15. The molecule has 2 N–H and O–H groups in total. The second kappa shape index (κ2) is 8.67. The molecule has 0 bridgehead atoms. The van der Waals surface area contributed by atoms with E-state index in [1.54, 1.807) is 18.2 Å². The number of carbonyl (C=O) groups is 1. The topological polar surface area (TPSA) is 93.1 Å². The number of hydrogen-bond donors (Lipinski definition) is 2. The van der Waals surface area contributed by atoms with Crippen molar-refractivity contribution in [2.45, 2.75) is 4.90 Å². The highest BCUT2D eigenvalue weighted by atomic mass is 32.2. The number of rotatable bonds is 6. The van der Waals surface area contributed by atoms with Crippen LogP contribution in [0.4, 0.5) is 5.69 Å². The van der Waals surface area contributed by atoms with E-state index >= 15 is 0 Å². The van der Waals surface area contributed by atoms with Crippen molar-refractivity contribution in [2.75, 3.05) is 11.9 Å². The van der Waals surface area contributed by atoms with Crippen LogP contribution in [-0.2, 0) is 17.1 Å². The highest BCUT2D eigenvalue weighted by molar-refractivity contribution is 7.89. The Morgan fingerprint density at radius 3 is 2.53 bits per heavy atom. The van der Waals surface area contributed by atoms with E-state index in [9.17, 15) is 13.2 Å². The number of carbonyl (C=O) groups excluding carboxylic acids is 1. The van der Waals surface area contributed by atoms with Gasteiger partial charge in [-0.2, -0.15) is 4.72 Å². The summed E-state index contributed by atoms with van der Waals surface area (Å²) in [5, 5.41) is 2.79. The minimum absolute atomic E-state index is 0.0300. The monoisotopic (exact) mass is 444 g/mol. The number of hydrogen-bond acceptors (Lipinski definition) is 4. The van der Waals surface area contributed by atoms with Crippen LogP contribution in [0, 0.1) is 12.3 Å². The lowest BCUT2D eigenvalue weighted by atomic mass is 10.1. The third-order valence-electron chi connectivity index (χ3n) is 4.96. The molecule has 0 saturated carbocycles. The third kappa shape index (κ3) is 4.25. The molecule has 160 valence electrons. The van der Waals surface area contributed by atoms with Crippen LogP contribution in [0.5, 0.6) is 0 Å². The number of amides is 1. The first-order valence-corrected chi connectivity index (χ1v) is 11.2. The van der Waals surface area contributed by atoms with E-state index in [1.165, 1.54) is 18.2 Å². The molecule has 0 atom stereocenters. The standard InChI is InChI=1S/C24H20N4O3S/c1-3-15-25-32(30,31)20-8-6-7-18(16-20)24(29)26-19-13-11-17(12-14-19)23-27-21-9-4-5-10-22(21)28(23)2/h1,4-14,16,25H,15H2,2H3,(H,26,29). The molecule has 0 spiro atoms. The van der Waals surface area contributed by atoms with E-state index in [4.69, 9.17) is 6.42 Å². The molecule has 0 aliphatic carbocycles. The zero-order valence-corrected chi connectivity index (χ0v) is 18.1. The maximum atomic E-state index is 12.7. The predicted octanol–water partition coefficient (Wildman–Crippen LogP) is 3.40. The summed E-state index contributed by atoms with van der Waals surface area (Å²) in [7, 11) is -1.83. The summed E-state index contributed by atoms with van der Waals surface area (Å²) in [5.74, 6) is 2.61. The van der Waals surface area contributed by atoms with Crippen LogP contribution >= 0.6 is 0 Å². The van der Waals surface area contributed by atoms with Crippen molar-refractivity contribution in [1.82, 2.24) is 14.3 Å². The zero-order chi connectivity index (χ0) is 22.7. The number of fused-ring (bicyclic) bond motifs is 1. The van der Waals surface area contributed by atoms with E-state index in [1.807, 2.05) is 48.0 Å². The van der Waals surface area contributed by atoms with Crippen LogP contribution in [0.3, 0.4) is 0 Å². The number of terminal acetylenes is 1. The van der Waals surface area contributed by atoms with Gasteiger partial charge in [0.25, 0.3) is 5.91 Å². The summed E-state index contributed by atoms with van der Waals surface area (Å²) in [6.45, 7) is -0.128. The lowest BCUT2D eigenvalue weighted by Crippen LogP contribution is -2.24. The van der Waals surface area contributed by atoms with E-state index in [0.717, 1.165) is 22.4 Å². The number of nitrogens with one attached hydrogen (secondary N) is 2. The van der Waals surface area contributed by atoms with Crippen LogP contribution < -0.4 is 10.0 Å². The van der Waals surface area contributed by atoms with Gasteiger partial charge in [0.15, 0.2) is 0 Å². The molecule has 4 rings (SSSR count). The van der Waals surface area contributed by atoms with Crippen molar-refractivity contribution >= 4 is 32.7 Å². The number of nitrogens with zero attached hydrogens (tertiary/aromatic N) is 2. The van der Waals surface area contributed by atoms with Crippen molar-refractivity contribution in [2.24, 2.45) is 7.05 Å². The minimum atomic E-state index is -3.78. The van der Waals surface area contributed by atoms with E-state index in [2.05, 4.69) is 20.9 Å². The quantitative estimate of drug-likeness (QED) is 0.446. The molecule has 1 aromatic heterocycles. The van der Waals surface area contributed by atoms with Gasteiger partial charge in [0, 0.05) is 23.9 Å². The molecular weight excluding hydrogens is 424 g/mol. The van der Waals surface area contributed by atoms with E-state index < -0.39 is 15.9 Å². The smallest absolute Gasteiger partial charge is 0.255 e. The van der Waals surface area contributed by atoms with Gasteiger partial charge in [0.1, 0.15) is 5.82 Å². The molecular formula is C24H20N4O3S. The first kappa shape index (κ1) is 21.3. The molecule has 32 heavy (non-hydrogen) atoms. The minimum Gasteiger partial charge on any atom is -0.327 e. The Bertz CT molecular complexity index is 1450. The summed E-state index contributed by atoms with van der Waals surface area (Å²) < 4.78 is 28.8. The van der Waals surface area contributed by atoms with Crippen LogP contribution in [-0.4, -0.2) is 30.4 Å². The van der Waals surface area contributed by atoms with Crippen LogP contribution in [0.2, 0.25) is 0 Å². The Morgan fingerprint density at radius 1 is 1.06 bits per heavy atom. The molecule has 0 aliphatic rings. The fourth-order valence-corrected chi connectivity index (χ4v) is 4.31. The molecule has 0 saturated heterocycles. The first-order chi connectivity index (χ1) is 15.4. The van der Waals surface area contributed by atoms with Crippen LogP contribution in [0.15, 0.2) is 77.7 Å². The number of benzene rings is 3. The summed E-state index contributed by atoms with van der Waals surface area (Å²) >= 11 is 0. The van der Waals surface area contributed by atoms with Gasteiger partial charge in [-0.15, -0.1) is 6.42 Å². The zero-order valence-electron chi connectivity index (χ0n) is 17.2. The van der Waals surface area contributed by atoms with Crippen LogP contribution in [0.1, 0.15) is 10.4 Å². The first-order valence-electron chi connectivity index (χ1n) is 9.75. The third-order valence-corrected chi connectivity index (χ3v) is 6.36. The van der Waals surface area contributed by atoms with Crippen molar-refractivity contribution in [3.05, 3.63) is 78.4 Å². The molecule has 4 aromatic rings. The van der Waals surface area contributed by atoms with Crippen molar-refractivity contribution < 1.29 is 13.2 Å². The van der Waals surface area contributed by atoms with E-state index in [0.29, 0.717) is 5.69 Å². The van der Waals surface area contributed by atoms with Gasteiger partial charge in [-0.3, -0.25) is 4.79 Å². The number of imidazole rings is 1. The van der Waals surface area contributed by atoms with Gasteiger partial charge in [-0.05, 0) is 54.6 Å². The second-order valence-corrected chi connectivity index (χ2v) is 8.84. The van der Waals surface area contributed by atoms with Gasteiger partial charge in [-0.25, -0.2) is 13.4 Å². The fourth-order valence-electron chi connectivity index (χ4n) is 3.33. The molecule has 0 radical (unpaired) electrons. The summed E-state index contributed by atoms with van der Waals surface area (Å²) in [5.41, 5.74) is 3.65. The Labute approximate surface area is 186 Å². The van der Waals surface area contributed by atoms with Crippen molar-refractivity contribution in [3.8, 4) is 23.7 Å². The number of aryl methyl sites for hydroxylation is 1. The molecule has 1 amide bonds. The molecule has 1 heterocycles. The largest absolute Gasteiger partial charge is 0.327 e. The normalized spacial score (nSPS) is 11.2. The molecule has 0 unspecified atom stereocenters. The number of sulfonamides is 1. The summed E-state index contributed by atoms with van der Waals surface area (Å²) in [6, 6.07) is 21.0. The van der Waals surface area contributed by atoms with Crippen molar-refractivity contribution in [1.29, 1.82) is 0 Å². The molecule has 8 heteroatoms. The molecule has 3 aromatic carbocycles. The molecule has 0 aliphatic heterocycles. The average molecular weight is 445 g/mol. The number of aromatic nitrogens is 2. The summed E-state index contributed by atoms with van der Waals surface area (Å²) in [4.78, 5) is 17.3. The predicted molar refractivity (Wildman–Crippen MR) is 125 cm³/mol. The van der Waals surface area contributed by atoms with Crippen molar-refractivity contribution in [3.63, 3.8) is 0 Å². The maximum Gasteiger partial charge on any atom is 0.255 e. The Morgan fingerprint density at radius 2 is 1.81 bits per heavy atom. The molecule has 0 fully saturated rings. The molecule has 7 nitrogen and oxygen atoms in total. The van der Waals surface area contributed by atoms with Gasteiger partial charge in [-0.1, -0.05) is 24.1 Å². The number of para-hydroxylation sites is 2. The fraction of sp³-hybridized carbons (Fsp3) is 0.0833. The second-order valence-electron chi connectivity index (χ2n) is 7.07. The SMILES string of the molecule is C#CCNS(=O)(=O)c1cccc(C(=O)Nc2ccc(-c3nc4ccccc4n3C)cc2)c1. The lowest BCUT2D eigenvalue weighted by Gasteiger charge is -2.09. The highest BCUT2D eigenvalue weighted by Gasteiger charge is 2.16. The highest BCUT2D eigenvalue weighted by Crippen LogP contribution is 2.25. The van der Waals surface area contributed by atoms with Crippen LogP contribution in [0.25, 0.3) is 22.4 Å². The maximum absolute atomic E-state index is 12.7. The van der Waals surface area contributed by atoms with Gasteiger partial charge >= 0.3 is 0 Å². The Balaban J connectivity index is 1.53. The Kier molecular flexibility index (Phi) is 5.77. The number of anilines is 1. The van der Waals surface area contributed by atoms with Gasteiger partial charge < -0.3 is 9.88 Å². The Hall–Kier alpha value is -3.93.